The first kappa shape index (κ1) is 21.8. The van der Waals surface area contributed by atoms with Gasteiger partial charge >= 0.3 is 0 Å². The van der Waals surface area contributed by atoms with Crippen LogP contribution in [0.15, 0.2) is 41.8 Å². The molecule has 0 amide bonds. The minimum Gasteiger partial charge on any atom is -0.355 e. The third-order valence-corrected chi connectivity index (χ3v) is 7.23. The lowest BCUT2D eigenvalue weighted by Crippen LogP contribution is -2.41. The Labute approximate surface area is 196 Å². The Hall–Kier alpha value is -3.04. The van der Waals surface area contributed by atoms with Gasteiger partial charge in [0.05, 0.1) is 11.4 Å². The van der Waals surface area contributed by atoms with E-state index in [0.717, 1.165) is 71.7 Å². The van der Waals surface area contributed by atoms with Crippen LogP contribution >= 0.6 is 11.3 Å². The number of thiazole rings is 1. The third-order valence-electron chi connectivity index (χ3n) is 6.31. The van der Waals surface area contributed by atoms with Gasteiger partial charge in [-0.15, -0.1) is 16.4 Å². The van der Waals surface area contributed by atoms with E-state index in [0.29, 0.717) is 6.04 Å². The summed E-state index contributed by atoms with van der Waals surface area (Å²) in [6.45, 7) is 4.07. The van der Waals surface area contributed by atoms with Crippen LogP contribution in [0.5, 0.6) is 0 Å². The molecule has 5 rings (SSSR count). The number of hydrogen-bond donors (Lipinski definition) is 1. The monoisotopic (exact) mass is 465 g/mol. The van der Waals surface area contributed by atoms with E-state index in [1.165, 1.54) is 12.1 Å². The number of hydrogen-bond acceptors (Lipinski definition) is 7. The molecule has 0 radical (unpaired) electrons. The Morgan fingerprint density at radius 2 is 1.88 bits per heavy atom. The summed E-state index contributed by atoms with van der Waals surface area (Å²) in [6.07, 6.45) is 3.01. The molecule has 4 heterocycles. The maximum Gasteiger partial charge on any atom is 0.191 e. The second-order valence-corrected chi connectivity index (χ2v) is 9.16. The van der Waals surface area contributed by atoms with E-state index in [1.807, 2.05) is 24.0 Å². The fourth-order valence-electron chi connectivity index (χ4n) is 4.36. The number of nitrogens with one attached hydrogen (secondary N) is 1. The highest BCUT2D eigenvalue weighted by Gasteiger charge is 2.23. The van der Waals surface area contributed by atoms with E-state index >= 15 is 0 Å². The number of halogens is 1. The van der Waals surface area contributed by atoms with Gasteiger partial charge in [-0.3, -0.25) is 0 Å². The molecule has 0 spiro atoms. The van der Waals surface area contributed by atoms with Gasteiger partial charge in [-0.1, -0.05) is 6.92 Å². The molecule has 7 nitrogen and oxygen atoms in total. The van der Waals surface area contributed by atoms with E-state index in [4.69, 9.17) is 15.1 Å². The zero-order chi connectivity index (χ0) is 22.9. The number of aryl methyl sites for hydroxylation is 1. The molecule has 0 aliphatic carbocycles. The fraction of sp³-hybridized carbons (Fsp3) is 0.375. The van der Waals surface area contributed by atoms with Crippen molar-refractivity contribution >= 4 is 33.8 Å². The van der Waals surface area contributed by atoms with Crippen LogP contribution in [0.25, 0.3) is 16.9 Å². The van der Waals surface area contributed by atoms with Crippen molar-refractivity contribution < 1.29 is 4.39 Å². The summed E-state index contributed by atoms with van der Waals surface area (Å²) >= 11 is 1.55. The van der Waals surface area contributed by atoms with E-state index in [1.54, 1.807) is 23.5 Å². The van der Waals surface area contributed by atoms with Crippen molar-refractivity contribution in [2.24, 2.45) is 0 Å². The molecular weight excluding hydrogens is 437 g/mol. The van der Waals surface area contributed by atoms with Crippen LogP contribution in [-0.4, -0.2) is 52.8 Å². The van der Waals surface area contributed by atoms with Crippen molar-refractivity contribution in [1.29, 1.82) is 0 Å². The summed E-state index contributed by atoms with van der Waals surface area (Å²) in [5.74, 6) is 1.65. The zero-order valence-electron chi connectivity index (χ0n) is 19.1. The topological polar surface area (TPSA) is 61.6 Å². The number of aromatic nitrogens is 4. The van der Waals surface area contributed by atoms with E-state index < -0.39 is 0 Å². The normalized spacial score (nSPS) is 14.8. The summed E-state index contributed by atoms with van der Waals surface area (Å²) in [6, 6.07) is 11.1. The van der Waals surface area contributed by atoms with Gasteiger partial charge in [-0.2, -0.15) is 4.52 Å². The van der Waals surface area contributed by atoms with Crippen LogP contribution in [0.4, 0.5) is 21.2 Å². The minimum atomic E-state index is -0.248. The molecule has 1 aromatic carbocycles. The van der Waals surface area contributed by atoms with Crippen molar-refractivity contribution in [1.82, 2.24) is 24.9 Å². The lowest BCUT2D eigenvalue weighted by Gasteiger charge is -2.32. The Morgan fingerprint density at radius 3 is 2.58 bits per heavy atom. The van der Waals surface area contributed by atoms with Crippen molar-refractivity contribution in [2.75, 3.05) is 37.0 Å². The van der Waals surface area contributed by atoms with Gasteiger partial charge < -0.3 is 15.1 Å². The highest BCUT2D eigenvalue weighted by molar-refractivity contribution is 7.14. The largest absolute Gasteiger partial charge is 0.355 e. The number of nitrogens with zero attached hydrogens (tertiary/aromatic N) is 6. The number of piperidine rings is 1. The average molecular weight is 466 g/mol. The SMILES string of the molecule is CCc1nc2ccc(N3CCC(NC)CC3)nn2c1N(C)c1nc(-c2ccc(F)cc2)cs1. The predicted molar refractivity (Wildman–Crippen MR) is 132 cm³/mol. The highest BCUT2D eigenvalue weighted by Crippen LogP contribution is 2.33. The molecule has 172 valence electrons. The van der Waals surface area contributed by atoms with Crippen LogP contribution in [-0.2, 0) is 6.42 Å². The number of imidazole rings is 1. The van der Waals surface area contributed by atoms with Gasteiger partial charge in [-0.05, 0) is 62.7 Å². The molecule has 1 N–H and O–H groups in total. The lowest BCUT2D eigenvalue weighted by molar-refractivity contribution is 0.440. The molecule has 1 fully saturated rings. The van der Waals surface area contributed by atoms with Gasteiger partial charge in [-0.25, -0.2) is 14.4 Å². The molecule has 3 aromatic heterocycles. The number of benzene rings is 1. The van der Waals surface area contributed by atoms with Gasteiger partial charge in [0.15, 0.2) is 16.6 Å². The Kier molecular flexibility index (Phi) is 5.99. The van der Waals surface area contributed by atoms with Crippen LogP contribution in [0.2, 0.25) is 0 Å². The molecule has 4 aromatic rings. The van der Waals surface area contributed by atoms with E-state index in [-0.39, 0.29) is 5.82 Å². The molecule has 1 aliphatic rings. The fourth-order valence-corrected chi connectivity index (χ4v) is 5.16. The van der Waals surface area contributed by atoms with Crippen molar-refractivity contribution in [3.8, 4) is 11.3 Å². The van der Waals surface area contributed by atoms with Crippen LogP contribution < -0.4 is 15.1 Å². The summed E-state index contributed by atoms with van der Waals surface area (Å²) in [7, 11) is 4.03. The standard InChI is InChI=1S/C24H28FN7S/c1-4-19-23(30(3)24-28-20(15-33-24)16-5-7-17(25)8-6-16)32-21(27-19)9-10-22(29-32)31-13-11-18(26-2)12-14-31/h5-10,15,18,26H,4,11-14H2,1-3H3. The van der Waals surface area contributed by atoms with Crippen molar-refractivity contribution in [3.63, 3.8) is 0 Å². The quantitative estimate of drug-likeness (QED) is 0.452. The summed E-state index contributed by atoms with van der Waals surface area (Å²) in [4.78, 5) is 14.0. The van der Waals surface area contributed by atoms with Crippen molar-refractivity contribution in [3.05, 3.63) is 53.3 Å². The second kappa shape index (κ2) is 9.07. The highest BCUT2D eigenvalue weighted by atomic mass is 32.1. The lowest BCUT2D eigenvalue weighted by atomic mass is 10.1. The van der Waals surface area contributed by atoms with Crippen LogP contribution in [0, 0.1) is 5.82 Å². The van der Waals surface area contributed by atoms with E-state index in [9.17, 15) is 4.39 Å². The zero-order valence-corrected chi connectivity index (χ0v) is 19.9. The summed E-state index contributed by atoms with van der Waals surface area (Å²) < 4.78 is 15.3. The van der Waals surface area contributed by atoms with Crippen LogP contribution in [0.1, 0.15) is 25.5 Å². The maximum atomic E-state index is 13.3. The van der Waals surface area contributed by atoms with Gasteiger partial charge in [0.2, 0.25) is 0 Å². The summed E-state index contributed by atoms with van der Waals surface area (Å²) in [5, 5.41) is 11.2. The third kappa shape index (κ3) is 4.18. The number of rotatable bonds is 6. The van der Waals surface area contributed by atoms with Crippen LogP contribution in [0.3, 0.4) is 0 Å². The van der Waals surface area contributed by atoms with E-state index in [2.05, 4.69) is 34.2 Å². The molecule has 1 saturated heterocycles. The van der Waals surface area contributed by atoms with Crippen molar-refractivity contribution in [2.45, 2.75) is 32.2 Å². The first-order valence-corrected chi connectivity index (χ1v) is 12.2. The van der Waals surface area contributed by atoms with Gasteiger partial charge in [0.1, 0.15) is 11.6 Å². The molecule has 9 heteroatoms. The smallest absolute Gasteiger partial charge is 0.191 e. The second-order valence-electron chi connectivity index (χ2n) is 8.33. The molecule has 0 unspecified atom stereocenters. The van der Waals surface area contributed by atoms with Gasteiger partial charge in [0.25, 0.3) is 0 Å². The molecule has 33 heavy (non-hydrogen) atoms. The van der Waals surface area contributed by atoms with Gasteiger partial charge in [0, 0.05) is 37.1 Å². The number of fused-ring (bicyclic) bond motifs is 1. The Morgan fingerprint density at radius 1 is 1.12 bits per heavy atom. The Balaban J connectivity index is 1.48. The maximum absolute atomic E-state index is 13.3. The average Bonchev–Trinajstić information content (AvgIpc) is 3.49. The predicted octanol–water partition coefficient (Wildman–Crippen LogP) is 4.51. The molecule has 0 atom stereocenters. The first-order valence-electron chi connectivity index (χ1n) is 11.3. The number of anilines is 3. The molecule has 0 saturated carbocycles. The minimum absolute atomic E-state index is 0.248. The molecular formula is C24H28FN7S. The molecule has 1 aliphatic heterocycles. The Bertz CT molecular complexity index is 1240. The summed E-state index contributed by atoms with van der Waals surface area (Å²) in [5.41, 5.74) is 3.54. The first-order chi connectivity index (χ1) is 16.1. The molecule has 0 bridgehead atoms.